The van der Waals surface area contributed by atoms with E-state index in [1.54, 1.807) is 24.3 Å². The van der Waals surface area contributed by atoms with E-state index in [9.17, 15) is 13.2 Å². The highest BCUT2D eigenvalue weighted by molar-refractivity contribution is 5.57. The number of rotatable bonds is 7. The van der Waals surface area contributed by atoms with Gasteiger partial charge in [0.15, 0.2) is 0 Å². The number of alkyl halides is 3. The number of hydrogen-bond acceptors (Lipinski definition) is 7. The number of benzene rings is 1. The van der Waals surface area contributed by atoms with Gasteiger partial charge in [-0.15, -0.1) is 0 Å². The number of ether oxygens (including phenoxy) is 2. The van der Waals surface area contributed by atoms with Crippen molar-refractivity contribution < 1.29 is 22.6 Å². The van der Waals surface area contributed by atoms with Crippen LogP contribution >= 0.6 is 0 Å². The molecule has 0 amide bonds. The molecule has 2 aliphatic heterocycles. The summed E-state index contributed by atoms with van der Waals surface area (Å²) in [5, 5.41) is 9.11. The molecule has 0 radical (unpaired) electrons. The quantitative estimate of drug-likeness (QED) is 0.608. The van der Waals surface area contributed by atoms with E-state index in [1.165, 1.54) is 0 Å². The number of hydrogen-bond donors (Lipinski definition) is 3. The van der Waals surface area contributed by atoms with Crippen LogP contribution in [0.25, 0.3) is 0 Å². The molecule has 1 aromatic carbocycles. The minimum absolute atomic E-state index is 0.0444. The van der Waals surface area contributed by atoms with Crippen LogP contribution in [0, 0.1) is 5.41 Å². The van der Waals surface area contributed by atoms with E-state index < -0.39 is 11.7 Å². The van der Waals surface area contributed by atoms with E-state index in [0.717, 1.165) is 32.1 Å². The molecule has 0 atom stereocenters. The lowest BCUT2D eigenvalue weighted by Gasteiger charge is -2.37. The minimum atomic E-state index is -4.53. The Kier molecular flexibility index (Phi) is 6.19. The molecule has 3 N–H and O–H groups in total. The largest absolute Gasteiger partial charge is 0.493 e. The van der Waals surface area contributed by atoms with E-state index >= 15 is 0 Å². The fourth-order valence-electron chi connectivity index (χ4n) is 3.47. The number of nitrogens with zero attached hydrogens (tertiary/aromatic N) is 2. The third-order valence-electron chi connectivity index (χ3n) is 5.37. The van der Waals surface area contributed by atoms with Gasteiger partial charge in [-0.1, -0.05) is 6.92 Å². The molecule has 0 saturated carbocycles. The van der Waals surface area contributed by atoms with E-state index in [0.29, 0.717) is 31.3 Å². The van der Waals surface area contributed by atoms with Gasteiger partial charge >= 0.3 is 6.18 Å². The van der Waals surface area contributed by atoms with Crippen molar-refractivity contribution in [1.82, 2.24) is 15.3 Å². The van der Waals surface area contributed by atoms with Crippen molar-refractivity contribution in [2.24, 2.45) is 5.41 Å². The van der Waals surface area contributed by atoms with Gasteiger partial charge in [0.2, 0.25) is 5.95 Å². The van der Waals surface area contributed by atoms with Crippen molar-refractivity contribution in [3.8, 4) is 5.75 Å². The van der Waals surface area contributed by atoms with Crippen molar-refractivity contribution >= 4 is 17.5 Å². The lowest BCUT2D eigenvalue weighted by molar-refractivity contribution is -0.137. The van der Waals surface area contributed by atoms with Crippen LogP contribution in [0.4, 0.5) is 30.6 Å². The molecule has 0 unspecified atom stereocenters. The van der Waals surface area contributed by atoms with Gasteiger partial charge in [-0.25, -0.2) is 4.98 Å². The van der Waals surface area contributed by atoms with Crippen molar-refractivity contribution in [2.45, 2.75) is 32.0 Å². The number of aromatic nitrogens is 2. The van der Waals surface area contributed by atoms with E-state index in [-0.39, 0.29) is 23.2 Å². The van der Waals surface area contributed by atoms with Crippen LogP contribution in [0.2, 0.25) is 0 Å². The Morgan fingerprint density at radius 2 is 1.90 bits per heavy atom. The van der Waals surface area contributed by atoms with Gasteiger partial charge < -0.3 is 25.4 Å². The number of piperidine rings is 1. The molecule has 168 valence electrons. The van der Waals surface area contributed by atoms with Crippen LogP contribution in [0.15, 0.2) is 30.5 Å². The molecule has 0 bridgehead atoms. The fourth-order valence-corrected chi connectivity index (χ4v) is 3.47. The first-order valence-electron chi connectivity index (χ1n) is 10.3. The first-order valence-corrected chi connectivity index (χ1v) is 10.3. The van der Waals surface area contributed by atoms with Crippen LogP contribution in [-0.4, -0.2) is 48.9 Å². The zero-order valence-corrected chi connectivity index (χ0v) is 17.3. The Balaban J connectivity index is 1.44. The Hall–Kier alpha value is -2.59. The van der Waals surface area contributed by atoms with Crippen LogP contribution in [0.3, 0.4) is 0 Å². The average molecular weight is 437 g/mol. The van der Waals surface area contributed by atoms with Gasteiger partial charge in [-0.2, -0.15) is 18.2 Å². The molecule has 2 aromatic rings. The second kappa shape index (κ2) is 8.88. The molecule has 0 spiro atoms. The Morgan fingerprint density at radius 3 is 2.52 bits per heavy atom. The summed E-state index contributed by atoms with van der Waals surface area (Å²) in [6.07, 6.45) is -2.25. The molecular formula is C21H26F3N5O2. The summed E-state index contributed by atoms with van der Waals surface area (Å²) in [6, 6.07) is 7.07. The lowest BCUT2D eigenvalue weighted by atomic mass is 9.90. The minimum Gasteiger partial charge on any atom is -0.493 e. The molecule has 0 aliphatic carbocycles. The van der Waals surface area contributed by atoms with Crippen molar-refractivity contribution in [2.75, 3.05) is 43.5 Å². The molecule has 2 aliphatic rings. The Bertz CT molecular complexity index is 882. The van der Waals surface area contributed by atoms with E-state index in [2.05, 4.69) is 32.8 Å². The summed E-state index contributed by atoms with van der Waals surface area (Å²) in [4.78, 5) is 7.98. The van der Waals surface area contributed by atoms with Crippen LogP contribution in [0.1, 0.15) is 25.3 Å². The molecule has 2 saturated heterocycles. The Labute approximate surface area is 178 Å². The molecule has 7 nitrogen and oxygen atoms in total. The maximum absolute atomic E-state index is 13.4. The zero-order chi connectivity index (χ0) is 21.9. The van der Waals surface area contributed by atoms with Crippen molar-refractivity contribution in [1.29, 1.82) is 0 Å². The summed E-state index contributed by atoms with van der Waals surface area (Å²) in [5.74, 6) is 0.602. The SMILES string of the molecule is CC1(COc2ccc(Nc3ncc(C(F)(F)F)c(NC4CCNCC4)n3)cc2)COC1. The lowest BCUT2D eigenvalue weighted by Crippen LogP contribution is -2.44. The van der Waals surface area contributed by atoms with Crippen LogP contribution < -0.4 is 20.7 Å². The summed E-state index contributed by atoms with van der Waals surface area (Å²) in [7, 11) is 0. The van der Waals surface area contributed by atoms with Crippen LogP contribution in [-0.2, 0) is 10.9 Å². The first kappa shape index (κ1) is 21.6. The van der Waals surface area contributed by atoms with Gasteiger partial charge in [0.05, 0.1) is 19.8 Å². The monoisotopic (exact) mass is 437 g/mol. The molecule has 10 heteroatoms. The van der Waals surface area contributed by atoms with Gasteiger partial charge in [0.25, 0.3) is 0 Å². The van der Waals surface area contributed by atoms with Gasteiger partial charge in [0.1, 0.15) is 17.1 Å². The summed E-state index contributed by atoms with van der Waals surface area (Å²) < 4.78 is 51.3. The number of halogens is 3. The highest BCUT2D eigenvalue weighted by atomic mass is 19.4. The molecule has 2 fully saturated rings. The third kappa shape index (κ3) is 5.56. The normalized spacial score (nSPS) is 18.8. The number of nitrogens with one attached hydrogen (secondary N) is 3. The van der Waals surface area contributed by atoms with Gasteiger partial charge in [-0.05, 0) is 50.2 Å². The van der Waals surface area contributed by atoms with Gasteiger partial charge in [0, 0.05) is 23.3 Å². The molecule has 31 heavy (non-hydrogen) atoms. The summed E-state index contributed by atoms with van der Waals surface area (Å²) >= 11 is 0. The molecule has 3 heterocycles. The maximum atomic E-state index is 13.4. The zero-order valence-electron chi connectivity index (χ0n) is 17.3. The molecule has 4 rings (SSSR count). The molecular weight excluding hydrogens is 411 g/mol. The van der Waals surface area contributed by atoms with E-state index in [1.807, 2.05) is 0 Å². The van der Waals surface area contributed by atoms with E-state index in [4.69, 9.17) is 9.47 Å². The predicted octanol–water partition coefficient (Wildman–Crippen LogP) is 3.82. The summed E-state index contributed by atoms with van der Waals surface area (Å²) in [6.45, 7) is 5.56. The Morgan fingerprint density at radius 1 is 1.19 bits per heavy atom. The highest BCUT2D eigenvalue weighted by Crippen LogP contribution is 2.35. The second-order valence-corrected chi connectivity index (χ2v) is 8.36. The second-order valence-electron chi connectivity index (χ2n) is 8.36. The maximum Gasteiger partial charge on any atom is 0.421 e. The number of anilines is 3. The standard InChI is InChI=1S/C21H26F3N5O2/c1-20(11-30-12-20)13-31-16-4-2-14(3-5-16)28-19-26-10-17(21(22,23)24)18(29-19)27-15-6-8-25-9-7-15/h2-5,10,15,25H,6-9,11-13H2,1H3,(H2,26,27,28,29). The fraction of sp³-hybridized carbons (Fsp3) is 0.524. The van der Waals surface area contributed by atoms with Crippen LogP contribution in [0.5, 0.6) is 5.75 Å². The topological polar surface area (TPSA) is 80.3 Å². The van der Waals surface area contributed by atoms with Crippen molar-refractivity contribution in [3.63, 3.8) is 0 Å². The predicted molar refractivity (Wildman–Crippen MR) is 111 cm³/mol. The first-order chi connectivity index (χ1) is 14.8. The molecule has 1 aromatic heterocycles. The highest BCUT2D eigenvalue weighted by Gasteiger charge is 2.36. The van der Waals surface area contributed by atoms with Crippen molar-refractivity contribution in [3.05, 3.63) is 36.0 Å². The summed E-state index contributed by atoms with van der Waals surface area (Å²) in [5.41, 5.74) is -0.171. The average Bonchev–Trinajstić information content (AvgIpc) is 2.72. The third-order valence-corrected chi connectivity index (χ3v) is 5.37. The van der Waals surface area contributed by atoms with Gasteiger partial charge in [-0.3, -0.25) is 0 Å². The smallest absolute Gasteiger partial charge is 0.421 e.